The average molecular weight is 594 g/mol. The zero-order valence-electron chi connectivity index (χ0n) is 22.2. The van der Waals surface area contributed by atoms with Gasteiger partial charge in [0.1, 0.15) is 29.8 Å². The molecule has 1 saturated heterocycles. The molecule has 0 aliphatic carbocycles. The van der Waals surface area contributed by atoms with Gasteiger partial charge in [0.2, 0.25) is 11.9 Å². The van der Waals surface area contributed by atoms with Gasteiger partial charge in [0.25, 0.3) is 11.5 Å². The van der Waals surface area contributed by atoms with Crippen LogP contribution in [0, 0.1) is 0 Å². The van der Waals surface area contributed by atoms with Crippen LogP contribution in [0.25, 0.3) is 0 Å². The molecule has 0 radical (unpaired) electrons. The van der Waals surface area contributed by atoms with E-state index in [1.54, 1.807) is 30.3 Å². The normalized spacial score (nSPS) is 18.2. The molecular weight excluding hydrogens is 569 g/mol. The average Bonchev–Trinajstić information content (AvgIpc) is 2.93. The van der Waals surface area contributed by atoms with Gasteiger partial charge in [-0.3, -0.25) is 28.6 Å². The van der Waals surface area contributed by atoms with E-state index in [-0.39, 0.29) is 59.1 Å². The van der Waals surface area contributed by atoms with E-state index in [9.17, 15) is 33.9 Å². The number of rotatable bonds is 8. The molecule has 1 aromatic heterocycles. The van der Waals surface area contributed by atoms with Crippen LogP contribution in [0.15, 0.2) is 52.6 Å². The van der Waals surface area contributed by atoms with Gasteiger partial charge in [0.05, 0.1) is 17.9 Å². The van der Waals surface area contributed by atoms with Crippen LogP contribution in [0.5, 0.6) is 0 Å². The van der Waals surface area contributed by atoms with E-state index in [1.165, 1.54) is 25.7 Å². The fourth-order valence-corrected chi connectivity index (χ4v) is 5.41. The maximum absolute atomic E-state index is 13.4. The molecule has 15 nitrogen and oxygen atoms in total. The van der Waals surface area contributed by atoms with Crippen molar-refractivity contribution in [2.75, 3.05) is 23.4 Å². The molecule has 4 amide bonds. The molecule has 17 heteroatoms. The van der Waals surface area contributed by atoms with Gasteiger partial charge >= 0.3 is 41.6 Å². The van der Waals surface area contributed by atoms with Gasteiger partial charge < -0.3 is 36.3 Å². The van der Waals surface area contributed by atoms with Crippen LogP contribution < -0.4 is 61.9 Å². The molecule has 2 aromatic rings. The smallest absolute Gasteiger partial charge is 0.543 e. The largest absolute Gasteiger partial charge is 1.00 e. The van der Waals surface area contributed by atoms with Crippen molar-refractivity contribution in [1.82, 2.24) is 25.1 Å². The van der Waals surface area contributed by atoms with Crippen molar-refractivity contribution in [2.24, 2.45) is 7.05 Å². The number of carboxylic acid groups (broad SMARTS) is 1. The maximum atomic E-state index is 13.4. The van der Waals surface area contributed by atoms with Crippen LogP contribution in [0.1, 0.15) is 18.5 Å². The molecule has 3 atom stereocenters. The Morgan fingerprint density at radius 3 is 2.54 bits per heavy atom. The van der Waals surface area contributed by atoms with Crippen LogP contribution in [-0.4, -0.2) is 68.0 Å². The standard InChI is InChI=1S/C24H25N7O8S.Na/c1-11(32)39-9-13-10-40-21-16(20(35)31(21)17(13)22(36)37)28-18(33)15(12-6-4-3-5-7-12)29-24(38)27-14-8-26-23(25)30(2)19(14)34;/h3-8,15-16,21H,9-10H2,1-2H3,(H2,25,26)(H,28,33)(H,36,37)(H2,27,29,38);/q;+1/p-1/t15?,16?,21-;/m0./s1. The molecule has 5 N–H and O–H groups in total. The van der Waals surface area contributed by atoms with E-state index in [0.29, 0.717) is 5.56 Å². The number of nitrogens with one attached hydrogen (secondary N) is 3. The molecule has 2 aliphatic heterocycles. The first-order chi connectivity index (χ1) is 19.0. The van der Waals surface area contributed by atoms with E-state index in [4.69, 9.17) is 10.5 Å². The van der Waals surface area contributed by atoms with Crippen LogP contribution in [-0.2, 0) is 31.0 Å². The van der Waals surface area contributed by atoms with E-state index in [2.05, 4.69) is 20.9 Å². The molecule has 2 aliphatic rings. The third-order valence-corrected chi connectivity index (χ3v) is 7.45. The number of nitrogen functional groups attached to an aromatic ring is 1. The van der Waals surface area contributed by atoms with Crippen molar-refractivity contribution in [1.29, 1.82) is 0 Å². The number of β-lactam (4-membered cyclic amide) rings is 1. The van der Waals surface area contributed by atoms with Crippen LogP contribution in [0.2, 0.25) is 0 Å². The van der Waals surface area contributed by atoms with Crippen molar-refractivity contribution >= 4 is 53.2 Å². The Labute approximate surface area is 259 Å². The summed E-state index contributed by atoms with van der Waals surface area (Å²) in [6.07, 6.45) is 1.08. The first-order valence-corrected chi connectivity index (χ1v) is 12.8. The summed E-state index contributed by atoms with van der Waals surface area (Å²) in [5.74, 6) is -3.65. The van der Waals surface area contributed by atoms with Crippen molar-refractivity contribution in [3.05, 3.63) is 63.7 Å². The molecule has 1 fully saturated rings. The molecule has 210 valence electrons. The quantitative estimate of drug-likeness (QED) is 0.129. The van der Waals surface area contributed by atoms with E-state index >= 15 is 0 Å². The Hall–Kier alpha value is -3.86. The Balaban J connectivity index is 0.00000462. The number of amides is 4. The number of hydrogen-bond donors (Lipinski definition) is 4. The molecule has 0 spiro atoms. The molecular formula is C24H24N7NaO8S. The van der Waals surface area contributed by atoms with E-state index in [0.717, 1.165) is 15.7 Å². The number of esters is 1. The predicted octanol–water partition coefficient (Wildman–Crippen LogP) is -4.80. The second-order valence-corrected chi connectivity index (χ2v) is 9.86. The summed E-state index contributed by atoms with van der Waals surface area (Å²) in [4.78, 5) is 79.2. The number of aromatic nitrogens is 2. The Morgan fingerprint density at radius 1 is 1.22 bits per heavy atom. The maximum Gasteiger partial charge on any atom is 1.00 e. The zero-order valence-corrected chi connectivity index (χ0v) is 25.0. The molecule has 1 aromatic carbocycles. The zero-order chi connectivity index (χ0) is 29.1. The third-order valence-electron chi connectivity index (χ3n) is 6.11. The fourth-order valence-electron chi connectivity index (χ4n) is 4.09. The summed E-state index contributed by atoms with van der Waals surface area (Å²) in [6, 6.07) is 4.85. The van der Waals surface area contributed by atoms with E-state index in [1.807, 2.05) is 0 Å². The Kier molecular flexibility index (Phi) is 10.2. The number of thioether (sulfide) groups is 1. The monoisotopic (exact) mass is 593 g/mol. The fraction of sp³-hybridized carbons (Fsp3) is 0.292. The molecule has 2 unspecified atom stereocenters. The predicted molar refractivity (Wildman–Crippen MR) is 139 cm³/mol. The summed E-state index contributed by atoms with van der Waals surface area (Å²) >= 11 is 1.17. The summed E-state index contributed by atoms with van der Waals surface area (Å²) in [5, 5.41) is 18.4. The number of carboxylic acids is 1. The van der Waals surface area contributed by atoms with Crippen molar-refractivity contribution in [3.8, 4) is 0 Å². The number of ether oxygens (including phenoxy) is 1. The van der Waals surface area contributed by atoms with Crippen molar-refractivity contribution in [2.45, 2.75) is 24.4 Å². The Bertz CT molecular complexity index is 1480. The minimum Gasteiger partial charge on any atom is -0.543 e. The third kappa shape index (κ3) is 6.73. The number of fused-ring (bicyclic) bond motifs is 1. The van der Waals surface area contributed by atoms with Crippen LogP contribution in [0.3, 0.4) is 0 Å². The second kappa shape index (κ2) is 13.2. The number of hydrogen-bond acceptors (Lipinski definition) is 11. The number of carbonyl (C=O) groups is 5. The molecule has 4 rings (SSSR count). The molecule has 3 heterocycles. The van der Waals surface area contributed by atoms with Gasteiger partial charge in [-0.05, 0) is 5.56 Å². The van der Waals surface area contributed by atoms with Gasteiger partial charge in [-0.15, -0.1) is 11.8 Å². The summed E-state index contributed by atoms with van der Waals surface area (Å²) in [7, 11) is 1.37. The molecule has 0 saturated carbocycles. The molecule has 0 bridgehead atoms. The van der Waals surface area contributed by atoms with Gasteiger partial charge in [0, 0.05) is 25.3 Å². The van der Waals surface area contributed by atoms with E-state index < -0.39 is 58.5 Å². The number of nitrogens with two attached hydrogens (primary N) is 1. The van der Waals surface area contributed by atoms with Gasteiger partial charge in [-0.25, -0.2) is 9.78 Å². The van der Waals surface area contributed by atoms with Crippen LogP contribution >= 0.6 is 11.8 Å². The Morgan fingerprint density at radius 2 is 1.90 bits per heavy atom. The first-order valence-electron chi connectivity index (χ1n) is 11.7. The summed E-state index contributed by atoms with van der Waals surface area (Å²) in [6.45, 7) is 0.850. The minimum atomic E-state index is -1.62. The van der Waals surface area contributed by atoms with Crippen molar-refractivity contribution in [3.63, 3.8) is 0 Å². The van der Waals surface area contributed by atoms with Gasteiger partial charge in [0.15, 0.2) is 0 Å². The number of aliphatic carboxylic acids is 1. The van der Waals surface area contributed by atoms with Gasteiger partial charge in [-0.1, -0.05) is 30.3 Å². The number of benzene rings is 1. The van der Waals surface area contributed by atoms with Gasteiger partial charge in [-0.2, -0.15) is 0 Å². The first kappa shape index (κ1) is 31.7. The molecule has 41 heavy (non-hydrogen) atoms. The van der Waals surface area contributed by atoms with Crippen molar-refractivity contribution < 1.29 is 63.4 Å². The summed E-state index contributed by atoms with van der Waals surface area (Å²) < 4.78 is 5.92. The number of carbonyl (C=O) groups excluding carboxylic acids is 5. The summed E-state index contributed by atoms with van der Waals surface area (Å²) in [5.41, 5.74) is 4.93. The minimum absolute atomic E-state index is 0. The topological polar surface area (TPSA) is 218 Å². The second-order valence-electron chi connectivity index (χ2n) is 8.75. The SMILES string of the molecule is CC(=O)OCC1=C(C(=O)[O-])N2C(=O)C(NC(=O)C(NC(=O)Nc3cnc(N)n(C)c3=O)c3ccccc3)[C@@H]2SC1.[Na+]. The number of urea groups is 1. The van der Waals surface area contributed by atoms with Crippen LogP contribution in [0.4, 0.5) is 16.4 Å². The number of nitrogens with zero attached hydrogens (tertiary/aromatic N) is 3. The number of anilines is 2.